The second kappa shape index (κ2) is 16.5. The molecule has 0 amide bonds. The van der Waals surface area contributed by atoms with Crippen LogP contribution in [0.5, 0.6) is 5.75 Å². The number of terminal acetylenes is 1. The largest absolute Gasteiger partial charge is 0.490 e. The minimum atomic E-state index is -0.388. The zero-order valence-corrected chi connectivity index (χ0v) is 20.9. The Hall–Kier alpha value is -3.08. The molecule has 2 heterocycles. The highest BCUT2D eigenvalue weighted by atomic mass is 19.1. The lowest BCUT2D eigenvalue weighted by Crippen LogP contribution is -2.36. The molecule has 35 heavy (non-hydrogen) atoms. The van der Waals surface area contributed by atoms with Gasteiger partial charge in [-0.25, -0.2) is 4.39 Å². The number of aliphatic hydroxyl groups is 2. The van der Waals surface area contributed by atoms with Gasteiger partial charge in [-0.1, -0.05) is 44.0 Å². The molecule has 2 aliphatic heterocycles. The first kappa shape index (κ1) is 30.0. The Bertz CT molecular complexity index is 908. The van der Waals surface area contributed by atoms with Crippen molar-refractivity contribution < 1.29 is 28.9 Å². The van der Waals surface area contributed by atoms with Crippen molar-refractivity contribution in [3.05, 3.63) is 59.4 Å². The third kappa shape index (κ3) is 10.4. The lowest BCUT2D eigenvalue weighted by molar-refractivity contribution is -0.0980. The monoisotopic (exact) mass is 487 g/mol. The number of nitrogens with one attached hydrogen (secondary N) is 1. The smallest absolute Gasteiger partial charge is 0.146 e. The first-order chi connectivity index (χ1) is 16.8. The predicted molar refractivity (Wildman–Crippen MR) is 136 cm³/mol. The second-order valence-corrected chi connectivity index (χ2v) is 8.78. The lowest BCUT2D eigenvalue weighted by Gasteiger charge is -2.36. The van der Waals surface area contributed by atoms with E-state index in [0.717, 1.165) is 43.9 Å². The van der Waals surface area contributed by atoms with E-state index in [9.17, 15) is 9.50 Å². The number of rotatable bonds is 4. The van der Waals surface area contributed by atoms with Gasteiger partial charge < -0.3 is 29.8 Å². The van der Waals surface area contributed by atoms with Crippen LogP contribution in [0.2, 0.25) is 0 Å². The van der Waals surface area contributed by atoms with E-state index in [1.807, 2.05) is 38.0 Å². The van der Waals surface area contributed by atoms with E-state index in [-0.39, 0.29) is 18.0 Å². The van der Waals surface area contributed by atoms with Crippen molar-refractivity contribution in [3.8, 4) is 18.3 Å². The maximum absolute atomic E-state index is 13.0. The summed E-state index contributed by atoms with van der Waals surface area (Å²) in [5.74, 6) is 1.72. The Kier molecular flexibility index (Phi) is 14.1. The number of carbonyl (C=O) groups is 1. The molecule has 1 fully saturated rings. The number of aliphatic hydroxyl groups excluding tert-OH is 2. The Morgan fingerprint density at radius 1 is 1.20 bits per heavy atom. The zero-order chi connectivity index (χ0) is 26.2. The molecule has 2 aromatic carbocycles. The molecule has 0 aliphatic carbocycles. The summed E-state index contributed by atoms with van der Waals surface area (Å²) in [4.78, 5) is 8.00. The van der Waals surface area contributed by atoms with Gasteiger partial charge in [-0.15, -0.1) is 0 Å². The maximum atomic E-state index is 13.0. The number of halogens is 1. The van der Waals surface area contributed by atoms with Gasteiger partial charge in [-0.05, 0) is 49.9 Å². The van der Waals surface area contributed by atoms with E-state index >= 15 is 0 Å². The van der Waals surface area contributed by atoms with Crippen molar-refractivity contribution in [2.24, 2.45) is 11.8 Å². The van der Waals surface area contributed by atoms with Crippen molar-refractivity contribution >= 4 is 12.5 Å². The number of ether oxygens (including phenoxy) is 2. The summed E-state index contributed by atoms with van der Waals surface area (Å²) in [6, 6.07) is 12.8. The summed E-state index contributed by atoms with van der Waals surface area (Å²) in [7, 11) is 0. The summed E-state index contributed by atoms with van der Waals surface area (Å²) < 4.78 is 24.4. The highest BCUT2D eigenvalue weighted by Crippen LogP contribution is 2.39. The average Bonchev–Trinajstić information content (AvgIpc) is 2.86. The van der Waals surface area contributed by atoms with E-state index in [4.69, 9.17) is 19.4 Å². The number of hydrogen-bond acceptors (Lipinski definition) is 6. The van der Waals surface area contributed by atoms with Crippen LogP contribution < -0.4 is 10.1 Å². The highest BCUT2D eigenvalue weighted by Gasteiger charge is 2.33. The van der Waals surface area contributed by atoms with Gasteiger partial charge in [0, 0.05) is 37.7 Å². The van der Waals surface area contributed by atoms with E-state index in [1.54, 1.807) is 12.1 Å². The first-order valence-corrected chi connectivity index (χ1v) is 11.8. The molecule has 6 nitrogen and oxygen atoms in total. The van der Waals surface area contributed by atoms with Crippen molar-refractivity contribution in [1.82, 2.24) is 0 Å². The molecule has 4 rings (SSSR count). The van der Waals surface area contributed by atoms with Gasteiger partial charge in [0.05, 0.1) is 11.8 Å². The predicted octanol–water partition coefficient (Wildman–Crippen LogP) is 5.26. The van der Waals surface area contributed by atoms with Crippen LogP contribution in [0.15, 0.2) is 42.5 Å². The van der Waals surface area contributed by atoms with Crippen LogP contribution >= 0.6 is 0 Å². The molecule has 0 spiro atoms. The van der Waals surface area contributed by atoms with Gasteiger partial charge >= 0.3 is 0 Å². The zero-order valence-electron chi connectivity index (χ0n) is 20.9. The van der Waals surface area contributed by atoms with Crippen molar-refractivity contribution in [1.29, 1.82) is 0 Å². The third-order valence-corrected chi connectivity index (χ3v) is 5.62. The van der Waals surface area contributed by atoms with E-state index in [1.165, 1.54) is 17.7 Å². The molecule has 0 radical (unpaired) electrons. The minimum Gasteiger partial charge on any atom is -0.490 e. The fraction of sp³-hybridized carbons (Fsp3) is 0.464. The fourth-order valence-electron chi connectivity index (χ4n) is 3.89. The van der Waals surface area contributed by atoms with Crippen LogP contribution in [0.1, 0.15) is 50.3 Å². The van der Waals surface area contributed by atoms with Gasteiger partial charge in [0.2, 0.25) is 0 Å². The Balaban J connectivity index is 0.000000313. The first-order valence-electron chi connectivity index (χ1n) is 11.8. The number of carbonyl (C=O) groups excluding carboxylic acids is 1. The van der Waals surface area contributed by atoms with Gasteiger partial charge in [0.1, 0.15) is 30.6 Å². The highest BCUT2D eigenvalue weighted by molar-refractivity contribution is 5.44. The van der Waals surface area contributed by atoms with Crippen LogP contribution in [0.25, 0.3) is 0 Å². The van der Waals surface area contributed by atoms with Crippen LogP contribution in [0.3, 0.4) is 0 Å². The SMILES string of the molecule is C#CO.C=O.CC(C)CNc1ccccc1F.Cc1ccc2c(c1)C(O)CC(C1CCOCC1)O2. The molecule has 2 atom stereocenters. The number of anilines is 1. The van der Waals surface area contributed by atoms with E-state index < -0.39 is 0 Å². The standard InChI is InChI=1S/C15H20O3.C10H14FN.C2H2O.CH2O/c1-10-2-3-14-12(8-10)13(16)9-15(18-14)11-4-6-17-7-5-11;1-8(2)7-12-10-6-4-3-5-9(10)11;1-2-3;1-2/h2-3,8,11,13,15-16H,4-7,9H2,1H3;3-6,8,12H,7H2,1-2H3;1,3H;1H2. The summed E-state index contributed by atoms with van der Waals surface area (Å²) >= 11 is 0. The number of fused-ring (bicyclic) bond motifs is 1. The number of benzene rings is 2. The average molecular weight is 488 g/mol. The second-order valence-electron chi connectivity index (χ2n) is 8.78. The molecule has 192 valence electrons. The van der Waals surface area contributed by atoms with Gasteiger partial charge in [0.15, 0.2) is 0 Å². The lowest BCUT2D eigenvalue weighted by atomic mass is 9.86. The molecular weight excluding hydrogens is 449 g/mol. The third-order valence-electron chi connectivity index (χ3n) is 5.62. The molecule has 2 aliphatic rings. The van der Waals surface area contributed by atoms with E-state index in [0.29, 0.717) is 23.9 Å². The summed E-state index contributed by atoms with van der Waals surface area (Å²) in [5.41, 5.74) is 2.70. The molecule has 2 aromatic rings. The quantitative estimate of drug-likeness (QED) is 0.510. The van der Waals surface area contributed by atoms with Crippen molar-refractivity contribution in [3.63, 3.8) is 0 Å². The molecule has 2 unspecified atom stereocenters. The van der Waals surface area contributed by atoms with Crippen LogP contribution in [-0.4, -0.2) is 42.9 Å². The summed E-state index contributed by atoms with van der Waals surface area (Å²) in [5, 5.41) is 20.4. The molecule has 0 aromatic heterocycles. The van der Waals surface area contributed by atoms with Gasteiger partial charge in [-0.3, -0.25) is 0 Å². The fourth-order valence-corrected chi connectivity index (χ4v) is 3.89. The topological polar surface area (TPSA) is 88.0 Å². The van der Waals surface area contributed by atoms with Crippen molar-refractivity contribution in [2.75, 3.05) is 25.1 Å². The summed E-state index contributed by atoms with van der Waals surface area (Å²) in [6.45, 7) is 10.7. The van der Waals surface area contributed by atoms with E-state index in [2.05, 4.69) is 25.6 Å². The number of para-hydroxylation sites is 1. The summed E-state index contributed by atoms with van der Waals surface area (Å²) in [6.07, 6.45) is 7.94. The normalized spacial score (nSPS) is 18.5. The Morgan fingerprint density at radius 3 is 2.43 bits per heavy atom. The van der Waals surface area contributed by atoms with Gasteiger partial charge in [0.25, 0.3) is 0 Å². The van der Waals surface area contributed by atoms with Crippen LogP contribution in [0, 0.1) is 37.1 Å². The molecular formula is C28H38FNO5. The molecule has 0 bridgehead atoms. The molecule has 3 N–H and O–H groups in total. The Labute approximate surface area is 208 Å². The molecule has 1 saturated heterocycles. The van der Waals surface area contributed by atoms with Gasteiger partial charge in [-0.2, -0.15) is 0 Å². The molecule has 0 saturated carbocycles. The van der Waals surface area contributed by atoms with Crippen LogP contribution in [0.4, 0.5) is 10.1 Å². The number of aryl methyl sites for hydroxylation is 1. The molecule has 7 heteroatoms. The van der Waals surface area contributed by atoms with Crippen molar-refractivity contribution in [2.45, 2.75) is 52.2 Å². The van der Waals surface area contributed by atoms with Crippen LogP contribution in [-0.2, 0) is 9.53 Å². The maximum Gasteiger partial charge on any atom is 0.146 e. The minimum absolute atomic E-state index is 0.138. The Morgan fingerprint density at radius 2 is 1.83 bits per heavy atom. The number of hydrogen-bond donors (Lipinski definition) is 3.